The van der Waals surface area contributed by atoms with Crippen molar-refractivity contribution in [1.29, 1.82) is 0 Å². The lowest BCUT2D eigenvalue weighted by Gasteiger charge is -2.36. The number of amides is 2. The summed E-state index contributed by atoms with van der Waals surface area (Å²) in [5.74, 6) is -0.193. The first kappa shape index (κ1) is 17.9. The maximum Gasteiger partial charge on any atom is 0.245 e. The minimum atomic E-state index is -0.491. The van der Waals surface area contributed by atoms with Crippen LogP contribution in [0.2, 0.25) is 0 Å². The molecule has 1 aromatic heterocycles. The molecule has 1 aliphatic rings. The molecule has 0 saturated carbocycles. The number of hydrogen-bond donors (Lipinski definition) is 1. The summed E-state index contributed by atoms with van der Waals surface area (Å²) in [6.07, 6.45) is 3.05. The maximum atomic E-state index is 12.7. The molecule has 0 aromatic carbocycles. The average Bonchev–Trinajstić information content (AvgIpc) is 2.95. The van der Waals surface area contributed by atoms with Gasteiger partial charge < -0.3 is 10.2 Å². The minimum Gasteiger partial charge on any atom is -0.345 e. The number of aromatic nitrogens is 1. The number of hydrogen-bond acceptors (Lipinski definition) is 4. The highest BCUT2D eigenvalue weighted by Crippen LogP contribution is 2.35. The van der Waals surface area contributed by atoms with Gasteiger partial charge in [-0.1, -0.05) is 20.8 Å². The van der Waals surface area contributed by atoms with Gasteiger partial charge in [-0.2, -0.15) is 0 Å². The zero-order chi connectivity index (χ0) is 17.2. The predicted molar refractivity (Wildman–Crippen MR) is 92.4 cm³/mol. The number of rotatable bonds is 3. The van der Waals surface area contributed by atoms with E-state index in [1.807, 2.05) is 4.90 Å². The van der Waals surface area contributed by atoms with Gasteiger partial charge in [0.05, 0.1) is 11.7 Å². The molecular weight excluding hydrogens is 310 g/mol. The number of carbonyl (C=O) groups excluding carboxylic acids is 2. The lowest BCUT2D eigenvalue weighted by atomic mass is 9.93. The Morgan fingerprint density at radius 3 is 2.65 bits per heavy atom. The van der Waals surface area contributed by atoms with Gasteiger partial charge in [0.2, 0.25) is 11.8 Å². The number of carbonyl (C=O) groups is 2. The maximum absolute atomic E-state index is 12.7. The van der Waals surface area contributed by atoms with Gasteiger partial charge in [-0.05, 0) is 26.2 Å². The Kier molecular flexibility index (Phi) is 5.45. The Hall–Kier alpha value is -1.43. The minimum absolute atomic E-state index is 0.0156. The van der Waals surface area contributed by atoms with Gasteiger partial charge in [0.1, 0.15) is 11.0 Å². The summed E-state index contributed by atoms with van der Waals surface area (Å²) in [5, 5.41) is 5.81. The van der Waals surface area contributed by atoms with Crippen molar-refractivity contribution in [3.63, 3.8) is 0 Å². The van der Waals surface area contributed by atoms with Gasteiger partial charge in [-0.3, -0.25) is 9.59 Å². The van der Waals surface area contributed by atoms with Crippen LogP contribution in [-0.4, -0.2) is 34.3 Å². The van der Waals surface area contributed by atoms with Crippen molar-refractivity contribution in [2.24, 2.45) is 0 Å². The normalized spacial score (nSPS) is 20.2. The van der Waals surface area contributed by atoms with E-state index >= 15 is 0 Å². The Labute approximate surface area is 142 Å². The standard InChI is InChI=1S/C17H27N3O2S/c1-11(18-12(2)21)16(22)20-9-7-6-8-13(20)15-19-14(10-23-15)17(3,4)5/h10-11,13H,6-9H2,1-5H3,(H,18,21)/t11-,13-/m0/s1. The van der Waals surface area contributed by atoms with Gasteiger partial charge in [0.25, 0.3) is 0 Å². The van der Waals surface area contributed by atoms with Gasteiger partial charge in [-0.25, -0.2) is 4.98 Å². The third-order valence-corrected chi connectivity index (χ3v) is 5.10. The highest BCUT2D eigenvalue weighted by Gasteiger charge is 2.33. The van der Waals surface area contributed by atoms with Crippen LogP contribution < -0.4 is 5.32 Å². The van der Waals surface area contributed by atoms with Crippen LogP contribution in [-0.2, 0) is 15.0 Å². The molecule has 1 aromatic rings. The molecule has 128 valence electrons. The van der Waals surface area contributed by atoms with Crippen molar-refractivity contribution in [1.82, 2.24) is 15.2 Å². The quantitative estimate of drug-likeness (QED) is 0.922. The van der Waals surface area contributed by atoms with E-state index in [1.54, 1.807) is 18.3 Å². The van der Waals surface area contributed by atoms with Crippen LogP contribution in [0.4, 0.5) is 0 Å². The van der Waals surface area contributed by atoms with Crippen molar-refractivity contribution < 1.29 is 9.59 Å². The van der Waals surface area contributed by atoms with Crippen molar-refractivity contribution in [2.45, 2.75) is 71.4 Å². The summed E-state index contributed by atoms with van der Waals surface area (Å²) >= 11 is 1.64. The van der Waals surface area contributed by atoms with E-state index in [4.69, 9.17) is 4.98 Å². The zero-order valence-corrected chi connectivity index (χ0v) is 15.5. The predicted octanol–water partition coefficient (Wildman–Crippen LogP) is 3.02. The van der Waals surface area contributed by atoms with Crippen LogP contribution in [0.15, 0.2) is 5.38 Å². The molecule has 0 radical (unpaired) electrons. The molecule has 0 aliphatic carbocycles. The van der Waals surface area contributed by atoms with Crippen molar-refractivity contribution >= 4 is 23.2 Å². The fraction of sp³-hybridized carbons (Fsp3) is 0.706. The Morgan fingerprint density at radius 1 is 1.39 bits per heavy atom. The Bertz CT molecular complexity index is 577. The number of nitrogens with zero attached hydrogens (tertiary/aromatic N) is 2. The molecule has 2 amide bonds. The summed E-state index contributed by atoms with van der Waals surface area (Å²) in [6, 6.07) is -0.455. The van der Waals surface area contributed by atoms with Gasteiger partial charge in [-0.15, -0.1) is 11.3 Å². The highest BCUT2D eigenvalue weighted by molar-refractivity contribution is 7.09. The first-order valence-corrected chi connectivity index (χ1v) is 9.11. The molecule has 6 heteroatoms. The summed E-state index contributed by atoms with van der Waals surface area (Å²) in [4.78, 5) is 30.6. The fourth-order valence-corrected chi connectivity index (χ4v) is 4.04. The summed E-state index contributed by atoms with van der Waals surface area (Å²) in [7, 11) is 0. The summed E-state index contributed by atoms with van der Waals surface area (Å²) < 4.78 is 0. The van der Waals surface area contributed by atoms with Crippen molar-refractivity contribution in [3.8, 4) is 0 Å². The number of nitrogens with one attached hydrogen (secondary N) is 1. The average molecular weight is 337 g/mol. The smallest absolute Gasteiger partial charge is 0.245 e. The number of piperidine rings is 1. The molecule has 2 atom stereocenters. The highest BCUT2D eigenvalue weighted by atomic mass is 32.1. The molecule has 1 fully saturated rings. The van der Waals surface area contributed by atoms with Gasteiger partial charge in [0.15, 0.2) is 0 Å². The molecule has 23 heavy (non-hydrogen) atoms. The van der Waals surface area contributed by atoms with Gasteiger partial charge >= 0.3 is 0 Å². The van der Waals surface area contributed by atoms with E-state index in [0.717, 1.165) is 36.5 Å². The van der Waals surface area contributed by atoms with E-state index in [9.17, 15) is 9.59 Å². The molecule has 0 spiro atoms. The summed E-state index contributed by atoms with van der Waals surface area (Å²) in [6.45, 7) is 10.4. The van der Waals surface area contributed by atoms with Crippen molar-refractivity contribution in [2.75, 3.05) is 6.54 Å². The Morgan fingerprint density at radius 2 is 2.09 bits per heavy atom. The van der Waals surface area contributed by atoms with E-state index in [0.29, 0.717) is 0 Å². The van der Waals surface area contributed by atoms with Crippen molar-refractivity contribution in [3.05, 3.63) is 16.1 Å². The number of thiazole rings is 1. The second kappa shape index (κ2) is 6.99. The molecular formula is C17H27N3O2S. The van der Waals surface area contributed by atoms with Crippen LogP contribution in [0.3, 0.4) is 0 Å². The second-order valence-electron chi connectivity index (χ2n) is 7.29. The molecule has 1 N–H and O–H groups in total. The van der Waals surface area contributed by atoms with E-state index in [2.05, 4.69) is 31.5 Å². The Balaban J connectivity index is 2.20. The van der Waals surface area contributed by atoms with E-state index < -0.39 is 6.04 Å². The van der Waals surface area contributed by atoms with E-state index in [-0.39, 0.29) is 23.3 Å². The van der Waals surface area contributed by atoms with Crippen LogP contribution in [0, 0.1) is 0 Å². The third kappa shape index (κ3) is 4.31. The van der Waals surface area contributed by atoms with E-state index in [1.165, 1.54) is 6.92 Å². The SMILES string of the molecule is CC(=O)N[C@@H](C)C(=O)N1CCCC[C@H]1c1nc(C(C)(C)C)cs1. The van der Waals surface area contributed by atoms with Crippen LogP contribution in [0.5, 0.6) is 0 Å². The van der Waals surface area contributed by atoms with Crippen LogP contribution in [0.25, 0.3) is 0 Å². The molecule has 0 bridgehead atoms. The second-order valence-corrected chi connectivity index (χ2v) is 8.18. The monoisotopic (exact) mass is 337 g/mol. The first-order valence-electron chi connectivity index (χ1n) is 8.23. The summed E-state index contributed by atoms with van der Waals surface area (Å²) in [5.41, 5.74) is 1.09. The molecule has 2 heterocycles. The molecule has 1 aliphatic heterocycles. The third-order valence-electron chi connectivity index (χ3n) is 4.15. The fourth-order valence-electron chi connectivity index (χ4n) is 2.85. The molecule has 1 saturated heterocycles. The van der Waals surface area contributed by atoms with Crippen LogP contribution in [0.1, 0.15) is 70.6 Å². The molecule has 2 rings (SSSR count). The first-order chi connectivity index (χ1) is 10.7. The van der Waals surface area contributed by atoms with Gasteiger partial charge in [0, 0.05) is 24.3 Å². The number of likely N-dealkylation sites (tertiary alicyclic amines) is 1. The zero-order valence-electron chi connectivity index (χ0n) is 14.7. The molecule has 0 unspecified atom stereocenters. The lowest BCUT2D eigenvalue weighted by molar-refractivity contribution is -0.139. The lowest BCUT2D eigenvalue weighted by Crippen LogP contribution is -2.49. The topological polar surface area (TPSA) is 62.3 Å². The largest absolute Gasteiger partial charge is 0.345 e. The van der Waals surface area contributed by atoms with Crippen LogP contribution >= 0.6 is 11.3 Å². The molecule has 5 nitrogen and oxygen atoms in total.